The average molecular weight is 368 g/mol. The van der Waals surface area contributed by atoms with Crippen LogP contribution >= 0.6 is 0 Å². The Morgan fingerprint density at radius 2 is 1.81 bits per heavy atom. The van der Waals surface area contributed by atoms with Crippen LogP contribution in [0.4, 0.5) is 5.69 Å². The van der Waals surface area contributed by atoms with Gasteiger partial charge in [0.2, 0.25) is 0 Å². The molecule has 6 heteroatoms. The largest absolute Gasteiger partial charge is 0.486 e. The van der Waals surface area contributed by atoms with Gasteiger partial charge in [0.05, 0.1) is 6.54 Å². The SMILES string of the molecule is Cc1cccc(C(C)C)c1NC(=O)C(=O)NCC1COc2ccccc2O1. The molecule has 3 rings (SSSR count). The van der Waals surface area contributed by atoms with Crippen LogP contribution in [0.3, 0.4) is 0 Å². The maximum atomic E-state index is 12.3. The lowest BCUT2D eigenvalue weighted by Gasteiger charge is -2.26. The highest BCUT2D eigenvalue weighted by atomic mass is 16.6. The monoisotopic (exact) mass is 368 g/mol. The third-order valence-electron chi connectivity index (χ3n) is 4.43. The summed E-state index contributed by atoms with van der Waals surface area (Å²) in [7, 11) is 0. The van der Waals surface area contributed by atoms with E-state index in [1.165, 1.54) is 0 Å². The molecule has 142 valence electrons. The van der Waals surface area contributed by atoms with E-state index >= 15 is 0 Å². The van der Waals surface area contributed by atoms with Crippen LogP contribution in [0, 0.1) is 6.92 Å². The van der Waals surface area contributed by atoms with Gasteiger partial charge in [0, 0.05) is 5.69 Å². The predicted molar refractivity (Wildman–Crippen MR) is 103 cm³/mol. The van der Waals surface area contributed by atoms with Crippen molar-refractivity contribution in [2.45, 2.75) is 32.8 Å². The second kappa shape index (κ2) is 8.12. The number of hydrogen-bond acceptors (Lipinski definition) is 4. The Balaban J connectivity index is 1.57. The molecule has 0 spiro atoms. The van der Waals surface area contributed by atoms with Gasteiger partial charge >= 0.3 is 11.8 Å². The molecule has 2 amide bonds. The normalized spacial score (nSPS) is 15.3. The number of para-hydroxylation sites is 3. The van der Waals surface area contributed by atoms with E-state index in [1.807, 2.05) is 63.2 Å². The van der Waals surface area contributed by atoms with Gasteiger partial charge in [-0.1, -0.05) is 44.2 Å². The molecule has 0 fully saturated rings. The zero-order chi connectivity index (χ0) is 19.4. The quantitative estimate of drug-likeness (QED) is 0.814. The molecule has 0 bridgehead atoms. The van der Waals surface area contributed by atoms with Crippen LogP contribution in [0.25, 0.3) is 0 Å². The van der Waals surface area contributed by atoms with E-state index in [1.54, 1.807) is 0 Å². The summed E-state index contributed by atoms with van der Waals surface area (Å²) in [6, 6.07) is 13.2. The van der Waals surface area contributed by atoms with Crippen molar-refractivity contribution in [3.63, 3.8) is 0 Å². The van der Waals surface area contributed by atoms with E-state index in [2.05, 4.69) is 10.6 Å². The van der Waals surface area contributed by atoms with Gasteiger partial charge in [-0.3, -0.25) is 9.59 Å². The summed E-state index contributed by atoms with van der Waals surface area (Å²) in [5.41, 5.74) is 2.61. The maximum absolute atomic E-state index is 12.3. The van der Waals surface area contributed by atoms with Crippen LogP contribution in [-0.2, 0) is 9.59 Å². The molecule has 0 radical (unpaired) electrons. The lowest BCUT2D eigenvalue weighted by molar-refractivity contribution is -0.136. The molecule has 0 saturated heterocycles. The predicted octanol–water partition coefficient (Wildman–Crippen LogP) is 3.01. The number of amides is 2. The number of fused-ring (bicyclic) bond motifs is 1. The molecule has 1 aliphatic rings. The van der Waals surface area contributed by atoms with Gasteiger partial charge in [0.25, 0.3) is 0 Å². The second-order valence-corrected chi connectivity index (χ2v) is 6.86. The lowest BCUT2D eigenvalue weighted by Crippen LogP contribution is -2.44. The van der Waals surface area contributed by atoms with E-state index in [4.69, 9.17) is 9.47 Å². The van der Waals surface area contributed by atoms with Crippen molar-refractivity contribution in [2.24, 2.45) is 0 Å². The minimum Gasteiger partial charge on any atom is -0.486 e. The molecule has 0 aliphatic carbocycles. The molecule has 2 N–H and O–H groups in total. The molecular weight excluding hydrogens is 344 g/mol. The Hall–Kier alpha value is -3.02. The van der Waals surface area contributed by atoms with Gasteiger partial charge in [-0.15, -0.1) is 0 Å². The topological polar surface area (TPSA) is 76.7 Å². The van der Waals surface area contributed by atoms with Crippen molar-refractivity contribution < 1.29 is 19.1 Å². The van der Waals surface area contributed by atoms with E-state index in [0.717, 1.165) is 11.1 Å². The highest BCUT2D eigenvalue weighted by Gasteiger charge is 2.23. The summed E-state index contributed by atoms with van der Waals surface area (Å²) in [5.74, 6) is 0.155. The number of aryl methyl sites for hydroxylation is 1. The van der Waals surface area contributed by atoms with Crippen molar-refractivity contribution >= 4 is 17.5 Å². The first-order valence-corrected chi connectivity index (χ1v) is 9.03. The van der Waals surface area contributed by atoms with Gasteiger partial charge < -0.3 is 20.1 Å². The minimum absolute atomic E-state index is 0.186. The molecule has 0 saturated carbocycles. The van der Waals surface area contributed by atoms with E-state index in [9.17, 15) is 9.59 Å². The van der Waals surface area contributed by atoms with Gasteiger partial charge in [-0.05, 0) is 36.1 Å². The van der Waals surface area contributed by atoms with E-state index < -0.39 is 11.8 Å². The summed E-state index contributed by atoms with van der Waals surface area (Å²) in [5, 5.41) is 5.36. The number of benzene rings is 2. The minimum atomic E-state index is -0.699. The number of nitrogens with one attached hydrogen (secondary N) is 2. The molecular formula is C21H24N2O4. The molecule has 1 atom stereocenters. The number of carbonyl (C=O) groups excluding carboxylic acids is 2. The van der Waals surface area contributed by atoms with Crippen LogP contribution in [0.15, 0.2) is 42.5 Å². The molecule has 2 aromatic rings. The van der Waals surface area contributed by atoms with Crippen molar-refractivity contribution in [2.75, 3.05) is 18.5 Å². The van der Waals surface area contributed by atoms with E-state index in [0.29, 0.717) is 23.8 Å². The van der Waals surface area contributed by atoms with Gasteiger partial charge in [-0.2, -0.15) is 0 Å². The molecule has 6 nitrogen and oxygen atoms in total. The Labute approximate surface area is 158 Å². The van der Waals surface area contributed by atoms with Crippen LogP contribution in [0.5, 0.6) is 11.5 Å². The summed E-state index contributed by atoms with van der Waals surface area (Å²) in [4.78, 5) is 24.5. The molecule has 1 unspecified atom stereocenters. The fraction of sp³-hybridized carbons (Fsp3) is 0.333. The fourth-order valence-corrected chi connectivity index (χ4v) is 2.96. The van der Waals surface area contributed by atoms with Crippen LogP contribution in [0.1, 0.15) is 30.9 Å². The Morgan fingerprint density at radius 3 is 2.56 bits per heavy atom. The summed E-state index contributed by atoms with van der Waals surface area (Å²) >= 11 is 0. The zero-order valence-corrected chi connectivity index (χ0v) is 15.7. The van der Waals surface area contributed by atoms with Gasteiger partial charge in [0.15, 0.2) is 11.5 Å². The highest BCUT2D eigenvalue weighted by Crippen LogP contribution is 2.30. The van der Waals surface area contributed by atoms with Gasteiger partial charge in [0.1, 0.15) is 12.7 Å². The lowest BCUT2D eigenvalue weighted by atomic mass is 9.98. The van der Waals surface area contributed by atoms with Crippen molar-refractivity contribution in [3.8, 4) is 11.5 Å². The van der Waals surface area contributed by atoms with Gasteiger partial charge in [-0.25, -0.2) is 0 Å². The second-order valence-electron chi connectivity index (χ2n) is 6.86. The van der Waals surface area contributed by atoms with Crippen LogP contribution in [-0.4, -0.2) is 31.1 Å². The Morgan fingerprint density at radius 1 is 1.07 bits per heavy atom. The third-order valence-corrected chi connectivity index (χ3v) is 4.43. The zero-order valence-electron chi connectivity index (χ0n) is 15.7. The molecule has 1 heterocycles. The molecule has 0 aromatic heterocycles. The fourth-order valence-electron chi connectivity index (χ4n) is 2.96. The summed E-state index contributed by atoms with van der Waals surface area (Å²) in [6.45, 7) is 6.50. The highest BCUT2D eigenvalue weighted by molar-refractivity contribution is 6.39. The van der Waals surface area contributed by atoms with Crippen molar-refractivity contribution in [3.05, 3.63) is 53.6 Å². The van der Waals surface area contributed by atoms with Crippen LogP contribution in [0.2, 0.25) is 0 Å². The van der Waals surface area contributed by atoms with Crippen molar-refractivity contribution in [1.82, 2.24) is 5.32 Å². The third kappa shape index (κ3) is 4.39. The van der Waals surface area contributed by atoms with E-state index in [-0.39, 0.29) is 18.6 Å². The number of ether oxygens (including phenoxy) is 2. The first-order valence-electron chi connectivity index (χ1n) is 9.03. The Bertz CT molecular complexity index is 848. The summed E-state index contributed by atoms with van der Waals surface area (Å²) < 4.78 is 11.4. The first kappa shape index (κ1) is 18.8. The number of carbonyl (C=O) groups is 2. The molecule has 2 aromatic carbocycles. The van der Waals surface area contributed by atoms with Crippen molar-refractivity contribution in [1.29, 1.82) is 0 Å². The number of hydrogen-bond donors (Lipinski definition) is 2. The number of rotatable bonds is 4. The number of anilines is 1. The first-order chi connectivity index (χ1) is 13.0. The molecule has 27 heavy (non-hydrogen) atoms. The molecule has 1 aliphatic heterocycles. The average Bonchev–Trinajstić information content (AvgIpc) is 2.67. The summed E-state index contributed by atoms with van der Waals surface area (Å²) in [6.07, 6.45) is -0.346. The maximum Gasteiger partial charge on any atom is 0.313 e. The smallest absolute Gasteiger partial charge is 0.313 e. The van der Waals surface area contributed by atoms with Crippen LogP contribution < -0.4 is 20.1 Å². The Kier molecular flexibility index (Phi) is 5.64. The standard InChI is InChI=1S/C21H24N2O4/c1-13(2)16-8-6-7-14(3)19(16)23-21(25)20(24)22-11-15-12-26-17-9-4-5-10-18(17)27-15/h4-10,13,15H,11-12H2,1-3H3,(H,22,24)(H,23,25).